The fraction of sp³-hybridized carbons (Fsp3) is 0.294. The van der Waals surface area contributed by atoms with Gasteiger partial charge in [0.25, 0.3) is 0 Å². The Labute approximate surface area is 131 Å². The zero-order valence-corrected chi connectivity index (χ0v) is 13.4. The Balaban J connectivity index is 1.78. The molecule has 1 N–H and O–H groups in total. The average molecular weight is 316 g/mol. The summed E-state index contributed by atoms with van der Waals surface area (Å²) in [5.74, 6) is 0.147. The third kappa shape index (κ3) is 3.09. The number of hydrogen-bond acceptors (Lipinski definition) is 3. The van der Waals surface area contributed by atoms with E-state index in [1.807, 2.05) is 37.3 Å². The van der Waals surface area contributed by atoms with E-state index in [4.69, 9.17) is 0 Å². The second kappa shape index (κ2) is 6.01. The van der Waals surface area contributed by atoms with Crippen LogP contribution in [0.1, 0.15) is 18.9 Å². The minimum absolute atomic E-state index is 0.147. The van der Waals surface area contributed by atoms with Gasteiger partial charge in [-0.3, -0.25) is 4.72 Å². The summed E-state index contributed by atoms with van der Waals surface area (Å²) in [4.78, 5) is 2.26. The quantitative estimate of drug-likeness (QED) is 0.918. The number of rotatable bonds is 5. The SMILES string of the molecule is CCCS(=O)(=O)Nc1ccc(N2CCc3ccccc32)cc1. The molecule has 0 atom stereocenters. The monoisotopic (exact) mass is 316 g/mol. The molecule has 1 heterocycles. The van der Waals surface area contributed by atoms with E-state index < -0.39 is 10.0 Å². The van der Waals surface area contributed by atoms with Crippen LogP contribution in [-0.2, 0) is 16.4 Å². The van der Waals surface area contributed by atoms with Gasteiger partial charge in [0.15, 0.2) is 0 Å². The number of sulfonamides is 1. The number of anilines is 3. The van der Waals surface area contributed by atoms with Crippen molar-refractivity contribution in [1.82, 2.24) is 0 Å². The van der Waals surface area contributed by atoms with Crippen molar-refractivity contribution in [3.8, 4) is 0 Å². The van der Waals surface area contributed by atoms with Gasteiger partial charge in [0, 0.05) is 23.6 Å². The lowest BCUT2D eigenvalue weighted by molar-refractivity contribution is 0.600. The number of benzene rings is 2. The van der Waals surface area contributed by atoms with Crippen LogP contribution in [0.5, 0.6) is 0 Å². The van der Waals surface area contributed by atoms with Gasteiger partial charge in [-0.15, -0.1) is 0 Å². The van der Waals surface area contributed by atoms with Crippen LogP contribution >= 0.6 is 0 Å². The first-order chi connectivity index (χ1) is 10.6. The van der Waals surface area contributed by atoms with E-state index in [0.29, 0.717) is 12.1 Å². The third-order valence-corrected chi connectivity index (χ3v) is 5.30. The second-order valence-corrected chi connectivity index (χ2v) is 7.34. The Hall–Kier alpha value is -2.01. The van der Waals surface area contributed by atoms with Gasteiger partial charge in [0.2, 0.25) is 10.0 Å². The first-order valence-electron chi connectivity index (χ1n) is 7.55. The highest BCUT2D eigenvalue weighted by Crippen LogP contribution is 2.34. The van der Waals surface area contributed by atoms with Crippen molar-refractivity contribution >= 4 is 27.1 Å². The molecule has 116 valence electrons. The molecule has 0 saturated carbocycles. The first kappa shape index (κ1) is 14.9. The molecule has 22 heavy (non-hydrogen) atoms. The average Bonchev–Trinajstić information content (AvgIpc) is 2.91. The molecule has 1 aliphatic rings. The van der Waals surface area contributed by atoms with Crippen molar-refractivity contribution in [2.75, 3.05) is 21.9 Å². The summed E-state index contributed by atoms with van der Waals surface area (Å²) in [7, 11) is -3.23. The Bertz CT molecular complexity index is 754. The second-order valence-electron chi connectivity index (χ2n) is 5.50. The molecule has 0 spiro atoms. The van der Waals surface area contributed by atoms with Crippen molar-refractivity contribution in [2.24, 2.45) is 0 Å². The summed E-state index contributed by atoms with van der Waals surface area (Å²) in [5.41, 5.74) is 4.30. The zero-order valence-electron chi connectivity index (χ0n) is 12.6. The summed E-state index contributed by atoms with van der Waals surface area (Å²) >= 11 is 0. The van der Waals surface area contributed by atoms with Crippen molar-refractivity contribution < 1.29 is 8.42 Å². The Kier molecular flexibility index (Phi) is 4.07. The topological polar surface area (TPSA) is 49.4 Å². The van der Waals surface area contributed by atoms with Crippen LogP contribution in [0, 0.1) is 0 Å². The minimum atomic E-state index is -3.23. The third-order valence-electron chi connectivity index (χ3n) is 3.81. The van der Waals surface area contributed by atoms with Crippen LogP contribution in [-0.4, -0.2) is 20.7 Å². The number of para-hydroxylation sites is 1. The van der Waals surface area contributed by atoms with Crippen molar-refractivity contribution in [1.29, 1.82) is 0 Å². The Morgan fingerprint density at radius 2 is 1.82 bits per heavy atom. The van der Waals surface area contributed by atoms with Crippen molar-refractivity contribution in [2.45, 2.75) is 19.8 Å². The van der Waals surface area contributed by atoms with E-state index in [9.17, 15) is 8.42 Å². The standard InChI is InChI=1S/C17H20N2O2S/c1-2-13-22(20,21)18-15-7-9-16(10-8-15)19-12-11-14-5-3-4-6-17(14)19/h3-10,18H,2,11-13H2,1H3. The van der Waals surface area contributed by atoms with Gasteiger partial charge in [0.1, 0.15) is 0 Å². The maximum atomic E-state index is 11.8. The van der Waals surface area contributed by atoms with Crippen LogP contribution < -0.4 is 9.62 Å². The van der Waals surface area contributed by atoms with E-state index in [2.05, 4.69) is 27.8 Å². The van der Waals surface area contributed by atoms with E-state index in [1.54, 1.807) is 0 Å². The van der Waals surface area contributed by atoms with Crippen LogP contribution in [0.4, 0.5) is 17.1 Å². The molecule has 2 aromatic carbocycles. The van der Waals surface area contributed by atoms with Crippen LogP contribution in [0.25, 0.3) is 0 Å². The van der Waals surface area contributed by atoms with Gasteiger partial charge in [-0.05, 0) is 48.7 Å². The number of hydrogen-bond donors (Lipinski definition) is 1. The highest BCUT2D eigenvalue weighted by molar-refractivity contribution is 7.92. The molecule has 5 heteroatoms. The molecule has 0 fully saturated rings. The molecule has 0 radical (unpaired) electrons. The fourth-order valence-electron chi connectivity index (χ4n) is 2.82. The Morgan fingerprint density at radius 1 is 1.09 bits per heavy atom. The predicted molar refractivity (Wildman–Crippen MR) is 91.3 cm³/mol. The van der Waals surface area contributed by atoms with Crippen LogP contribution in [0.15, 0.2) is 48.5 Å². The van der Waals surface area contributed by atoms with Crippen molar-refractivity contribution in [3.05, 3.63) is 54.1 Å². The van der Waals surface area contributed by atoms with Gasteiger partial charge < -0.3 is 4.90 Å². The normalized spacial score (nSPS) is 14.0. The molecular weight excluding hydrogens is 296 g/mol. The molecule has 2 aromatic rings. The molecule has 0 aromatic heterocycles. The maximum Gasteiger partial charge on any atom is 0.232 e. The molecule has 0 unspecified atom stereocenters. The van der Waals surface area contributed by atoms with Crippen LogP contribution in [0.2, 0.25) is 0 Å². The van der Waals surface area contributed by atoms with Gasteiger partial charge in [0.05, 0.1) is 5.75 Å². The summed E-state index contributed by atoms with van der Waals surface area (Å²) in [6.07, 6.45) is 1.65. The van der Waals surface area contributed by atoms with E-state index in [0.717, 1.165) is 18.7 Å². The smallest absolute Gasteiger partial charge is 0.232 e. The number of nitrogens with one attached hydrogen (secondary N) is 1. The summed E-state index contributed by atoms with van der Waals surface area (Å²) in [6.45, 7) is 2.81. The largest absolute Gasteiger partial charge is 0.341 e. The maximum absolute atomic E-state index is 11.8. The van der Waals surface area contributed by atoms with E-state index in [1.165, 1.54) is 11.3 Å². The lowest BCUT2D eigenvalue weighted by Gasteiger charge is -2.20. The molecule has 3 rings (SSSR count). The molecule has 0 bridgehead atoms. The summed E-state index contributed by atoms with van der Waals surface area (Å²) in [6, 6.07) is 16.0. The van der Waals surface area contributed by atoms with Crippen molar-refractivity contribution in [3.63, 3.8) is 0 Å². The number of nitrogens with zero attached hydrogens (tertiary/aromatic N) is 1. The molecule has 0 amide bonds. The number of fused-ring (bicyclic) bond motifs is 1. The van der Waals surface area contributed by atoms with Gasteiger partial charge in [-0.2, -0.15) is 0 Å². The van der Waals surface area contributed by atoms with Gasteiger partial charge in [-0.1, -0.05) is 25.1 Å². The van der Waals surface area contributed by atoms with Crippen LogP contribution in [0.3, 0.4) is 0 Å². The summed E-state index contributed by atoms with van der Waals surface area (Å²) in [5, 5.41) is 0. The molecule has 0 saturated heterocycles. The molecule has 4 nitrogen and oxygen atoms in total. The van der Waals surface area contributed by atoms with E-state index >= 15 is 0 Å². The molecule has 0 aliphatic carbocycles. The Morgan fingerprint density at radius 3 is 2.55 bits per heavy atom. The highest BCUT2D eigenvalue weighted by atomic mass is 32.2. The highest BCUT2D eigenvalue weighted by Gasteiger charge is 2.19. The first-order valence-corrected chi connectivity index (χ1v) is 9.20. The lowest BCUT2D eigenvalue weighted by Crippen LogP contribution is -2.16. The van der Waals surface area contributed by atoms with Gasteiger partial charge >= 0.3 is 0 Å². The van der Waals surface area contributed by atoms with E-state index in [-0.39, 0.29) is 5.75 Å². The predicted octanol–water partition coefficient (Wildman–Crippen LogP) is 3.53. The molecule has 1 aliphatic heterocycles. The fourth-order valence-corrected chi connectivity index (χ4v) is 3.95. The molecular formula is C17H20N2O2S. The zero-order chi connectivity index (χ0) is 15.6. The lowest BCUT2D eigenvalue weighted by atomic mass is 10.2. The summed E-state index contributed by atoms with van der Waals surface area (Å²) < 4.78 is 26.2. The van der Waals surface area contributed by atoms with Gasteiger partial charge in [-0.25, -0.2) is 8.42 Å². The minimum Gasteiger partial charge on any atom is -0.341 e.